The molecule has 0 aliphatic carbocycles. The Hall–Kier alpha value is -1.04. The molecule has 2 nitrogen and oxygen atoms in total. The van der Waals surface area contributed by atoms with E-state index in [1.54, 1.807) is 0 Å². The Morgan fingerprint density at radius 3 is 2.50 bits per heavy atom. The average molecular weight is 352 g/mol. The van der Waals surface area contributed by atoms with Crippen molar-refractivity contribution in [3.63, 3.8) is 0 Å². The Balaban J connectivity index is 2.59. The maximum Gasteiger partial charge on any atom is 0.416 e. The number of alkyl halides is 3. The van der Waals surface area contributed by atoms with Crippen LogP contribution in [0, 0.1) is 5.92 Å². The minimum atomic E-state index is -4.35. The predicted octanol–water partition coefficient (Wildman–Crippen LogP) is 4.17. The molecule has 0 heterocycles. The molecular formula is C14H17BrF3NO. The molecule has 0 spiro atoms. The third-order valence-corrected chi connectivity index (χ3v) is 3.45. The normalized spacial score (nSPS) is 11.8. The molecule has 20 heavy (non-hydrogen) atoms. The minimum Gasteiger partial charge on any atom is -0.356 e. The third kappa shape index (κ3) is 5.53. The van der Waals surface area contributed by atoms with E-state index in [-0.39, 0.29) is 12.3 Å². The molecule has 0 saturated carbocycles. The van der Waals surface area contributed by atoms with Crippen LogP contribution in [0.15, 0.2) is 22.7 Å². The van der Waals surface area contributed by atoms with Crippen molar-refractivity contribution in [2.75, 3.05) is 6.54 Å². The average Bonchev–Trinajstić information content (AvgIpc) is 2.33. The molecule has 0 unspecified atom stereocenters. The monoisotopic (exact) mass is 351 g/mol. The molecule has 6 heteroatoms. The van der Waals surface area contributed by atoms with Crippen molar-refractivity contribution in [3.05, 3.63) is 33.8 Å². The van der Waals surface area contributed by atoms with Crippen LogP contribution in [0.25, 0.3) is 0 Å². The van der Waals surface area contributed by atoms with Gasteiger partial charge in [0.25, 0.3) is 0 Å². The molecule has 1 rings (SSSR count). The first kappa shape index (κ1) is 17.0. The summed E-state index contributed by atoms with van der Waals surface area (Å²) >= 11 is 3.12. The summed E-state index contributed by atoms with van der Waals surface area (Å²) in [6, 6.07) is 3.48. The van der Waals surface area contributed by atoms with Gasteiger partial charge in [-0.25, -0.2) is 0 Å². The Kier molecular flexibility index (Phi) is 6.05. The van der Waals surface area contributed by atoms with Gasteiger partial charge in [0.15, 0.2) is 0 Å². The summed E-state index contributed by atoms with van der Waals surface area (Å²) in [5.41, 5.74) is -0.00455. The van der Waals surface area contributed by atoms with E-state index in [9.17, 15) is 18.0 Å². The Morgan fingerprint density at radius 1 is 1.35 bits per heavy atom. The van der Waals surface area contributed by atoms with E-state index in [0.29, 0.717) is 28.9 Å². The number of benzene rings is 1. The number of nitrogens with one attached hydrogen (secondary N) is 1. The lowest BCUT2D eigenvalue weighted by Crippen LogP contribution is -2.27. The van der Waals surface area contributed by atoms with Crippen LogP contribution in [0.3, 0.4) is 0 Å². The second-order valence-electron chi connectivity index (χ2n) is 5.00. The molecule has 0 fully saturated rings. The molecule has 1 amide bonds. The Labute approximate surface area is 124 Å². The largest absolute Gasteiger partial charge is 0.416 e. The molecule has 0 bridgehead atoms. The van der Waals surface area contributed by atoms with Crippen LogP contribution >= 0.6 is 15.9 Å². The highest BCUT2D eigenvalue weighted by Crippen LogP contribution is 2.32. The van der Waals surface area contributed by atoms with Gasteiger partial charge < -0.3 is 5.32 Å². The van der Waals surface area contributed by atoms with Gasteiger partial charge in [-0.1, -0.05) is 35.8 Å². The van der Waals surface area contributed by atoms with Crippen molar-refractivity contribution in [1.29, 1.82) is 0 Å². The summed E-state index contributed by atoms with van der Waals surface area (Å²) in [4.78, 5) is 11.6. The highest BCUT2D eigenvalue weighted by Gasteiger charge is 2.30. The lowest BCUT2D eigenvalue weighted by Gasteiger charge is -2.11. The van der Waals surface area contributed by atoms with E-state index in [0.717, 1.165) is 12.1 Å². The van der Waals surface area contributed by atoms with Gasteiger partial charge in [-0.15, -0.1) is 0 Å². The summed E-state index contributed by atoms with van der Waals surface area (Å²) < 4.78 is 37.9. The van der Waals surface area contributed by atoms with Crippen LogP contribution in [-0.4, -0.2) is 12.5 Å². The van der Waals surface area contributed by atoms with Gasteiger partial charge in [0, 0.05) is 17.4 Å². The molecule has 1 N–H and O–H groups in total. The molecule has 0 atom stereocenters. The molecule has 0 radical (unpaired) electrons. The summed E-state index contributed by atoms with van der Waals surface area (Å²) in [6.07, 6.45) is -3.69. The fraction of sp³-hybridized carbons (Fsp3) is 0.500. The number of hydrogen-bond donors (Lipinski definition) is 1. The van der Waals surface area contributed by atoms with E-state index in [2.05, 4.69) is 21.2 Å². The number of carbonyl (C=O) groups excluding carboxylic acids is 1. The van der Waals surface area contributed by atoms with E-state index in [1.165, 1.54) is 6.07 Å². The quantitative estimate of drug-likeness (QED) is 0.847. The maximum atomic E-state index is 12.5. The first-order chi connectivity index (χ1) is 9.20. The van der Waals surface area contributed by atoms with E-state index < -0.39 is 11.7 Å². The van der Waals surface area contributed by atoms with Crippen LogP contribution in [0.1, 0.15) is 31.4 Å². The summed E-state index contributed by atoms with van der Waals surface area (Å²) in [5, 5.41) is 2.77. The first-order valence-corrected chi connectivity index (χ1v) is 7.11. The first-order valence-electron chi connectivity index (χ1n) is 6.32. The van der Waals surface area contributed by atoms with E-state index >= 15 is 0 Å². The number of rotatable bonds is 5. The van der Waals surface area contributed by atoms with Crippen LogP contribution in [0.2, 0.25) is 0 Å². The van der Waals surface area contributed by atoms with Crippen molar-refractivity contribution in [2.24, 2.45) is 5.92 Å². The Bertz CT molecular complexity index is 472. The van der Waals surface area contributed by atoms with Crippen LogP contribution in [0.4, 0.5) is 13.2 Å². The van der Waals surface area contributed by atoms with Gasteiger partial charge in [0.2, 0.25) is 5.91 Å². The molecule has 112 valence electrons. The zero-order valence-electron chi connectivity index (χ0n) is 11.4. The standard InChI is InChI=1S/C14H17BrF3NO/c1-9(2)8-19-13(20)6-4-10-3-5-11(7-12(10)15)14(16,17)18/h3,5,7,9H,4,6,8H2,1-2H3,(H,19,20). The number of hydrogen-bond acceptors (Lipinski definition) is 1. The van der Waals surface area contributed by atoms with Gasteiger partial charge >= 0.3 is 6.18 Å². The fourth-order valence-electron chi connectivity index (χ4n) is 1.58. The minimum absolute atomic E-state index is 0.0921. The Morgan fingerprint density at radius 2 is 2.00 bits per heavy atom. The zero-order valence-corrected chi connectivity index (χ0v) is 12.9. The number of carbonyl (C=O) groups is 1. The van der Waals surface area contributed by atoms with Gasteiger partial charge in [0.1, 0.15) is 0 Å². The van der Waals surface area contributed by atoms with Gasteiger partial charge in [-0.3, -0.25) is 4.79 Å². The predicted molar refractivity (Wildman–Crippen MR) is 75.3 cm³/mol. The van der Waals surface area contributed by atoms with Crippen LogP contribution in [-0.2, 0) is 17.4 Å². The number of aryl methyl sites for hydroxylation is 1. The zero-order chi connectivity index (χ0) is 15.3. The van der Waals surface area contributed by atoms with Crippen molar-refractivity contribution in [3.8, 4) is 0 Å². The number of amides is 1. The molecule has 0 aliphatic rings. The lowest BCUT2D eigenvalue weighted by atomic mass is 10.1. The molecule has 1 aromatic carbocycles. The van der Waals surface area contributed by atoms with Crippen molar-refractivity contribution in [2.45, 2.75) is 32.9 Å². The molecular weight excluding hydrogens is 335 g/mol. The number of halogens is 4. The molecule has 1 aromatic rings. The van der Waals surface area contributed by atoms with Gasteiger partial charge in [-0.05, 0) is 30.0 Å². The van der Waals surface area contributed by atoms with Crippen molar-refractivity contribution < 1.29 is 18.0 Å². The fourth-order valence-corrected chi connectivity index (χ4v) is 2.16. The second kappa shape index (κ2) is 7.11. The summed E-state index contributed by atoms with van der Waals surface area (Å²) in [6.45, 7) is 4.59. The molecule has 0 aliphatic heterocycles. The summed E-state index contributed by atoms with van der Waals surface area (Å²) in [5.74, 6) is 0.280. The van der Waals surface area contributed by atoms with Crippen LogP contribution in [0.5, 0.6) is 0 Å². The highest BCUT2D eigenvalue weighted by atomic mass is 79.9. The van der Waals surface area contributed by atoms with Crippen LogP contribution < -0.4 is 5.32 Å². The van der Waals surface area contributed by atoms with E-state index in [1.807, 2.05) is 13.8 Å². The lowest BCUT2D eigenvalue weighted by molar-refractivity contribution is -0.137. The topological polar surface area (TPSA) is 29.1 Å². The SMILES string of the molecule is CC(C)CNC(=O)CCc1ccc(C(F)(F)F)cc1Br. The third-order valence-electron chi connectivity index (χ3n) is 2.71. The smallest absolute Gasteiger partial charge is 0.356 e. The van der Waals surface area contributed by atoms with Gasteiger partial charge in [-0.2, -0.15) is 13.2 Å². The van der Waals surface area contributed by atoms with E-state index in [4.69, 9.17) is 0 Å². The molecule has 0 aromatic heterocycles. The highest BCUT2D eigenvalue weighted by molar-refractivity contribution is 9.10. The summed E-state index contributed by atoms with van der Waals surface area (Å²) in [7, 11) is 0. The maximum absolute atomic E-state index is 12.5. The second-order valence-corrected chi connectivity index (χ2v) is 5.86. The van der Waals surface area contributed by atoms with Crippen molar-refractivity contribution in [1.82, 2.24) is 5.32 Å². The van der Waals surface area contributed by atoms with Gasteiger partial charge in [0.05, 0.1) is 5.56 Å². The van der Waals surface area contributed by atoms with Crippen molar-refractivity contribution >= 4 is 21.8 Å². The molecule has 0 saturated heterocycles.